The molecule has 0 aromatic heterocycles. The van der Waals surface area contributed by atoms with Crippen molar-refractivity contribution in [3.8, 4) is 5.75 Å². The van der Waals surface area contributed by atoms with Crippen LogP contribution in [0.3, 0.4) is 0 Å². The number of carbonyl (C=O) groups excluding carboxylic acids is 1. The molecule has 0 bridgehead atoms. The molecular weight excluding hydrogens is 216 g/mol. The third-order valence-corrected chi connectivity index (χ3v) is 2.09. The zero-order valence-electron chi connectivity index (χ0n) is 10.0. The van der Waals surface area contributed by atoms with Crippen LogP contribution >= 0.6 is 0 Å². The van der Waals surface area contributed by atoms with E-state index in [0.717, 1.165) is 11.4 Å². The van der Waals surface area contributed by atoms with Crippen LogP contribution < -0.4 is 15.4 Å². The van der Waals surface area contributed by atoms with E-state index in [1.807, 2.05) is 25.2 Å². The standard InChI is InChI=1S/C13H18N2O2/c1-3-9-17-12-6-4-5-11(10-12)15-13(16)7-8-14-2/h3-6,10,14H,1,7-9H2,2H3,(H,15,16). The van der Waals surface area contributed by atoms with Gasteiger partial charge < -0.3 is 15.4 Å². The van der Waals surface area contributed by atoms with E-state index in [-0.39, 0.29) is 5.91 Å². The maximum Gasteiger partial charge on any atom is 0.225 e. The van der Waals surface area contributed by atoms with Crippen LogP contribution in [-0.4, -0.2) is 26.1 Å². The van der Waals surface area contributed by atoms with Gasteiger partial charge in [0, 0.05) is 24.7 Å². The van der Waals surface area contributed by atoms with Crippen LogP contribution in [0.2, 0.25) is 0 Å². The van der Waals surface area contributed by atoms with Crippen molar-refractivity contribution >= 4 is 11.6 Å². The Morgan fingerprint density at radius 1 is 1.53 bits per heavy atom. The lowest BCUT2D eigenvalue weighted by atomic mass is 10.3. The van der Waals surface area contributed by atoms with E-state index in [1.165, 1.54) is 0 Å². The molecule has 0 spiro atoms. The SMILES string of the molecule is C=CCOc1cccc(NC(=O)CCNC)c1. The minimum Gasteiger partial charge on any atom is -0.489 e. The highest BCUT2D eigenvalue weighted by molar-refractivity contribution is 5.90. The molecule has 1 aromatic rings. The molecule has 0 aliphatic carbocycles. The topological polar surface area (TPSA) is 50.4 Å². The third-order valence-electron chi connectivity index (χ3n) is 2.09. The van der Waals surface area contributed by atoms with Gasteiger partial charge in [-0.15, -0.1) is 0 Å². The van der Waals surface area contributed by atoms with Gasteiger partial charge in [-0.2, -0.15) is 0 Å². The maximum atomic E-state index is 11.5. The molecule has 1 amide bonds. The molecule has 2 N–H and O–H groups in total. The molecule has 0 saturated heterocycles. The van der Waals surface area contributed by atoms with Crippen LogP contribution in [0, 0.1) is 0 Å². The summed E-state index contributed by atoms with van der Waals surface area (Å²) in [5.74, 6) is 0.705. The van der Waals surface area contributed by atoms with Crippen LogP contribution in [-0.2, 0) is 4.79 Å². The summed E-state index contributed by atoms with van der Waals surface area (Å²) in [4.78, 5) is 11.5. The Balaban J connectivity index is 2.52. The second kappa shape index (κ2) is 7.46. The predicted molar refractivity (Wildman–Crippen MR) is 69.3 cm³/mol. The van der Waals surface area contributed by atoms with Crippen LogP contribution in [0.25, 0.3) is 0 Å². The van der Waals surface area contributed by atoms with Crippen molar-refractivity contribution in [2.45, 2.75) is 6.42 Å². The minimum atomic E-state index is -0.0137. The number of amides is 1. The summed E-state index contributed by atoms with van der Waals surface area (Å²) in [7, 11) is 1.82. The lowest BCUT2D eigenvalue weighted by molar-refractivity contribution is -0.116. The number of nitrogens with one attached hydrogen (secondary N) is 2. The molecule has 4 nitrogen and oxygen atoms in total. The van der Waals surface area contributed by atoms with Gasteiger partial charge in [0.15, 0.2) is 0 Å². The number of ether oxygens (including phenoxy) is 1. The van der Waals surface area contributed by atoms with Crippen molar-refractivity contribution in [2.75, 3.05) is 25.5 Å². The molecule has 0 fully saturated rings. The van der Waals surface area contributed by atoms with E-state index >= 15 is 0 Å². The van der Waals surface area contributed by atoms with Gasteiger partial charge in [-0.3, -0.25) is 4.79 Å². The van der Waals surface area contributed by atoms with E-state index in [2.05, 4.69) is 17.2 Å². The number of hydrogen-bond acceptors (Lipinski definition) is 3. The van der Waals surface area contributed by atoms with Gasteiger partial charge in [0.1, 0.15) is 12.4 Å². The average molecular weight is 234 g/mol. The Kier molecular flexibility index (Phi) is 5.82. The first-order valence-corrected chi connectivity index (χ1v) is 5.54. The largest absolute Gasteiger partial charge is 0.489 e. The zero-order chi connectivity index (χ0) is 12.5. The Morgan fingerprint density at radius 3 is 3.06 bits per heavy atom. The van der Waals surface area contributed by atoms with Crippen molar-refractivity contribution in [2.24, 2.45) is 0 Å². The molecule has 92 valence electrons. The molecule has 1 aromatic carbocycles. The minimum absolute atomic E-state index is 0.0137. The first kappa shape index (κ1) is 13.3. The summed E-state index contributed by atoms with van der Waals surface area (Å²) in [6.07, 6.45) is 2.13. The van der Waals surface area contributed by atoms with E-state index < -0.39 is 0 Å². The summed E-state index contributed by atoms with van der Waals surface area (Å²) in [6.45, 7) is 4.70. The van der Waals surface area contributed by atoms with E-state index in [0.29, 0.717) is 19.6 Å². The Bertz CT molecular complexity index is 377. The zero-order valence-corrected chi connectivity index (χ0v) is 10.0. The van der Waals surface area contributed by atoms with Crippen LogP contribution in [0.1, 0.15) is 6.42 Å². The number of carbonyl (C=O) groups is 1. The second-order valence-corrected chi connectivity index (χ2v) is 3.53. The highest BCUT2D eigenvalue weighted by Gasteiger charge is 2.02. The highest BCUT2D eigenvalue weighted by atomic mass is 16.5. The molecular formula is C13H18N2O2. The van der Waals surface area contributed by atoms with Crippen LogP contribution in [0.4, 0.5) is 5.69 Å². The summed E-state index contributed by atoms with van der Waals surface area (Å²) >= 11 is 0. The lowest BCUT2D eigenvalue weighted by Gasteiger charge is -2.07. The van der Waals surface area contributed by atoms with Gasteiger partial charge in [-0.05, 0) is 19.2 Å². The van der Waals surface area contributed by atoms with Crippen molar-refractivity contribution in [1.82, 2.24) is 5.32 Å². The number of rotatable bonds is 7. The van der Waals surface area contributed by atoms with E-state index in [1.54, 1.807) is 12.1 Å². The third kappa shape index (κ3) is 5.17. The fourth-order valence-corrected chi connectivity index (χ4v) is 1.28. The van der Waals surface area contributed by atoms with Crippen LogP contribution in [0.5, 0.6) is 5.75 Å². The van der Waals surface area contributed by atoms with Crippen molar-refractivity contribution < 1.29 is 9.53 Å². The molecule has 0 aliphatic rings. The molecule has 0 heterocycles. The molecule has 0 unspecified atom stereocenters. The molecule has 17 heavy (non-hydrogen) atoms. The Labute approximate surface area is 102 Å². The Hall–Kier alpha value is -1.81. The summed E-state index contributed by atoms with van der Waals surface area (Å²) < 4.78 is 5.38. The molecule has 0 atom stereocenters. The summed E-state index contributed by atoms with van der Waals surface area (Å²) in [6, 6.07) is 7.30. The number of benzene rings is 1. The summed E-state index contributed by atoms with van der Waals surface area (Å²) in [5.41, 5.74) is 0.743. The second-order valence-electron chi connectivity index (χ2n) is 3.53. The highest BCUT2D eigenvalue weighted by Crippen LogP contribution is 2.17. The average Bonchev–Trinajstić information content (AvgIpc) is 2.34. The van der Waals surface area contributed by atoms with Gasteiger partial charge >= 0.3 is 0 Å². The van der Waals surface area contributed by atoms with Gasteiger partial charge in [-0.25, -0.2) is 0 Å². The molecule has 0 radical (unpaired) electrons. The number of hydrogen-bond donors (Lipinski definition) is 2. The predicted octanol–water partition coefficient (Wildman–Crippen LogP) is 1.80. The fraction of sp³-hybridized carbons (Fsp3) is 0.308. The van der Waals surface area contributed by atoms with Crippen molar-refractivity contribution in [1.29, 1.82) is 0 Å². The maximum absolute atomic E-state index is 11.5. The van der Waals surface area contributed by atoms with Crippen molar-refractivity contribution in [3.63, 3.8) is 0 Å². The van der Waals surface area contributed by atoms with Gasteiger partial charge in [0.2, 0.25) is 5.91 Å². The van der Waals surface area contributed by atoms with Gasteiger partial charge in [-0.1, -0.05) is 18.7 Å². The van der Waals surface area contributed by atoms with Gasteiger partial charge in [0.25, 0.3) is 0 Å². The Morgan fingerprint density at radius 2 is 2.35 bits per heavy atom. The molecule has 4 heteroatoms. The molecule has 0 saturated carbocycles. The van der Waals surface area contributed by atoms with Gasteiger partial charge in [0.05, 0.1) is 0 Å². The monoisotopic (exact) mass is 234 g/mol. The number of anilines is 1. The normalized spacial score (nSPS) is 9.71. The summed E-state index contributed by atoms with van der Waals surface area (Å²) in [5, 5.41) is 5.74. The molecule has 1 rings (SSSR count). The van der Waals surface area contributed by atoms with Crippen molar-refractivity contribution in [3.05, 3.63) is 36.9 Å². The lowest BCUT2D eigenvalue weighted by Crippen LogP contribution is -2.18. The van der Waals surface area contributed by atoms with E-state index in [9.17, 15) is 4.79 Å². The first-order chi connectivity index (χ1) is 8.26. The quantitative estimate of drug-likeness (QED) is 0.707. The van der Waals surface area contributed by atoms with E-state index in [4.69, 9.17) is 4.74 Å². The first-order valence-electron chi connectivity index (χ1n) is 5.54. The fourth-order valence-electron chi connectivity index (χ4n) is 1.28. The van der Waals surface area contributed by atoms with Crippen LogP contribution in [0.15, 0.2) is 36.9 Å². The smallest absolute Gasteiger partial charge is 0.225 e. The molecule has 0 aliphatic heterocycles.